The first-order chi connectivity index (χ1) is 9.02. The average Bonchev–Trinajstić information content (AvgIpc) is 2.84. The molecule has 0 radical (unpaired) electrons. The molecule has 4 nitrogen and oxygen atoms in total. The summed E-state index contributed by atoms with van der Waals surface area (Å²) >= 11 is 4.54. The zero-order chi connectivity index (χ0) is 14.0. The van der Waals surface area contributed by atoms with Crippen LogP contribution in [0.2, 0.25) is 0 Å². The van der Waals surface area contributed by atoms with Crippen molar-refractivity contribution in [1.29, 1.82) is 0 Å². The summed E-state index contributed by atoms with van der Waals surface area (Å²) in [7, 11) is 1.27. The third-order valence-electron chi connectivity index (χ3n) is 2.42. The molecule has 0 aliphatic heterocycles. The minimum absolute atomic E-state index is 0.0814. The van der Waals surface area contributed by atoms with Gasteiger partial charge >= 0.3 is 5.97 Å². The Bertz CT molecular complexity index is 634. The van der Waals surface area contributed by atoms with E-state index in [1.165, 1.54) is 25.4 Å². The molecular formula is C13H10BrNO3S. The lowest BCUT2D eigenvalue weighted by Crippen LogP contribution is -2.06. The van der Waals surface area contributed by atoms with E-state index in [1.54, 1.807) is 0 Å². The van der Waals surface area contributed by atoms with E-state index in [-0.39, 0.29) is 11.5 Å². The Morgan fingerprint density at radius 1 is 1.26 bits per heavy atom. The van der Waals surface area contributed by atoms with Crippen molar-refractivity contribution in [2.75, 3.05) is 7.11 Å². The smallest absolute Gasteiger partial charge is 0.358 e. The second-order valence-electron chi connectivity index (χ2n) is 3.75. The van der Waals surface area contributed by atoms with Gasteiger partial charge in [-0.1, -0.05) is 28.1 Å². The van der Waals surface area contributed by atoms with Crippen LogP contribution in [0.3, 0.4) is 0 Å². The van der Waals surface area contributed by atoms with Gasteiger partial charge in [0.15, 0.2) is 11.5 Å². The summed E-state index contributed by atoms with van der Waals surface area (Å²) in [6, 6.07) is 7.49. The number of Topliss-reactive ketones (excluding diaryl/α,β-unsaturated/α-hetero) is 1. The molecule has 2 rings (SSSR count). The van der Waals surface area contributed by atoms with Crippen molar-refractivity contribution in [3.63, 3.8) is 0 Å². The number of carbonyl (C=O) groups is 2. The molecule has 0 aliphatic rings. The number of halogens is 1. The van der Waals surface area contributed by atoms with Crippen LogP contribution >= 0.6 is 27.3 Å². The molecule has 0 amide bonds. The van der Waals surface area contributed by atoms with Gasteiger partial charge in [0.1, 0.15) is 9.88 Å². The van der Waals surface area contributed by atoms with Gasteiger partial charge in [-0.15, -0.1) is 11.3 Å². The van der Waals surface area contributed by atoms with Gasteiger partial charge in [-0.3, -0.25) is 4.79 Å². The number of esters is 1. The Labute approximate surface area is 122 Å². The number of hydrogen-bond acceptors (Lipinski definition) is 5. The molecule has 0 unspecified atom stereocenters. The van der Waals surface area contributed by atoms with Crippen molar-refractivity contribution >= 4 is 39.0 Å². The first-order valence-electron chi connectivity index (χ1n) is 5.39. The second-order valence-corrected chi connectivity index (χ2v) is 5.67. The standard InChI is InChI=1S/C13H10BrNO3S/c1-7(16)11-10(13(17)18-2)15-12(19-11)8-3-5-9(14)6-4-8/h3-6H,1-2H3. The van der Waals surface area contributed by atoms with Crippen LogP contribution in [0.4, 0.5) is 0 Å². The van der Waals surface area contributed by atoms with Crippen molar-refractivity contribution in [2.24, 2.45) is 0 Å². The van der Waals surface area contributed by atoms with Crippen molar-refractivity contribution < 1.29 is 14.3 Å². The number of aromatic nitrogens is 1. The van der Waals surface area contributed by atoms with Gasteiger partial charge in [-0.2, -0.15) is 0 Å². The predicted octanol–water partition coefficient (Wildman–Crippen LogP) is 3.56. The fourth-order valence-corrected chi connectivity index (χ4v) is 2.73. The maximum Gasteiger partial charge on any atom is 0.358 e. The maximum atomic E-state index is 11.6. The van der Waals surface area contributed by atoms with Crippen LogP contribution in [0.1, 0.15) is 27.1 Å². The third kappa shape index (κ3) is 2.90. The third-order valence-corrected chi connectivity index (χ3v) is 4.15. The molecule has 0 N–H and O–H groups in total. The van der Waals surface area contributed by atoms with E-state index in [1.807, 2.05) is 24.3 Å². The van der Waals surface area contributed by atoms with Crippen molar-refractivity contribution in [3.05, 3.63) is 39.3 Å². The number of ketones is 1. The van der Waals surface area contributed by atoms with Crippen molar-refractivity contribution in [1.82, 2.24) is 4.98 Å². The Kier molecular flexibility index (Phi) is 4.11. The van der Waals surface area contributed by atoms with E-state index < -0.39 is 5.97 Å². The molecule has 19 heavy (non-hydrogen) atoms. The molecule has 1 heterocycles. The number of carbonyl (C=O) groups excluding carboxylic acids is 2. The highest BCUT2D eigenvalue weighted by Crippen LogP contribution is 2.29. The van der Waals surface area contributed by atoms with Crippen LogP contribution in [0.15, 0.2) is 28.7 Å². The van der Waals surface area contributed by atoms with Crippen LogP contribution in [0, 0.1) is 0 Å². The van der Waals surface area contributed by atoms with Gasteiger partial charge in [0.25, 0.3) is 0 Å². The fraction of sp³-hybridized carbons (Fsp3) is 0.154. The largest absolute Gasteiger partial charge is 0.464 e. The van der Waals surface area contributed by atoms with Crippen LogP contribution in [0.25, 0.3) is 10.6 Å². The Morgan fingerprint density at radius 2 is 1.89 bits per heavy atom. The van der Waals surface area contributed by atoms with Crippen LogP contribution < -0.4 is 0 Å². The number of nitrogens with zero attached hydrogens (tertiary/aromatic N) is 1. The molecule has 0 fully saturated rings. The summed E-state index contributed by atoms with van der Waals surface area (Å²) in [6.07, 6.45) is 0. The van der Waals surface area contributed by atoms with Gasteiger partial charge in [0, 0.05) is 17.0 Å². The first kappa shape index (κ1) is 13.9. The van der Waals surface area contributed by atoms with E-state index in [2.05, 4.69) is 25.7 Å². The van der Waals surface area contributed by atoms with E-state index >= 15 is 0 Å². The molecule has 0 aliphatic carbocycles. The number of benzene rings is 1. The molecule has 0 saturated heterocycles. The van der Waals surface area contributed by atoms with Gasteiger partial charge in [0.05, 0.1) is 7.11 Å². The van der Waals surface area contributed by atoms with Crippen LogP contribution in [-0.4, -0.2) is 23.8 Å². The normalized spacial score (nSPS) is 10.3. The SMILES string of the molecule is COC(=O)c1nc(-c2ccc(Br)cc2)sc1C(C)=O. The number of rotatable bonds is 3. The summed E-state index contributed by atoms with van der Waals surface area (Å²) in [4.78, 5) is 27.7. The number of ether oxygens (including phenoxy) is 1. The summed E-state index contributed by atoms with van der Waals surface area (Å²) in [5, 5.41) is 0.623. The minimum Gasteiger partial charge on any atom is -0.464 e. The molecular weight excluding hydrogens is 330 g/mol. The number of thiazole rings is 1. The fourth-order valence-electron chi connectivity index (χ4n) is 1.51. The lowest BCUT2D eigenvalue weighted by Gasteiger charge is -1.96. The van der Waals surface area contributed by atoms with E-state index in [0.29, 0.717) is 9.88 Å². The van der Waals surface area contributed by atoms with Crippen LogP contribution in [-0.2, 0) is 4.74 Å². The molecule has 6 heteroatoms. The van der Waals surface area contributed by atoms with Crippen molar-refractivity contribution in [2.45, 2.75) is 6.92 Å². The number of hydrogen-bond donors (Lipinski definition) is 0. The Hall–Kier alpha value is -1.53. The molecule has 0 bridgehead atoms. The topological polar surface area (TPSA) is 56.3 Å². The van der Waals surface area contributed by atoms with Gasteiger partial charge in [-0.05, 0) is 12.1 Å². The summed E-state index contributed by atoms with van der Waals surface area (Å²) in [5.74, 6) is -0.786. The number of methoxy groups -OCH3 is 1. The highest BCUT2D eigenvalue weighted by atomic mass is 79.9. The minimum atomic E-state index is -0.593. The highest BCUT2D eigenvalue weighted by Gasteiger charge is 2.22. The van der Waals surface area contributed by atoms with E-state index in [4.69, 9.17) is 0 Å². The van der Waals surface area contributed by atoms with Gasteiger partial charge < -0.3 is 4.74 Å². The summed E-state index contributed by atoms with van der Waals surface area (Å²) in [5.41, 5.74) is 0.934. The van der Waals surface area contributed by atoms with Crippen molar-refractivity contribution in [3.8, 4) is 10.6 Å². The van der Waals surface area contributed by atoms with Gasteiger partial charge in [-0.25, -0.2) is 9.78 Å². The maximum absolute atomic E-state index is 11.6. The van der Waals surface area contributed by atoms with Gasteiger partial charge in [0.2, 0.25) is 0 Å². The molecule has 1 aromatic carbocycles. The summed E-state index contributed by atoms with van der Waals surface area (Å²) in [6.45, 7) is 1.41. The first-order valence-corrected chi connectivity index (χ1v) is 7.00. The van der Waals surface area contributed by atoms with Crippen LogP contribution in [0.5, 0.6) is 0 Å². The van der Waals surface area contributed by atoms with E-state index in [9.17, 15) is 9.59 Å². The predicted molar refractivity (Wildman–Crippen MR) is 76.6 cm³/mol. The molecule has 2 aromatic rings. The monoisotopic (exact) mass is 339 g/mol. The molecule has 98 valence electrons. The van der Waals surface area contributed by atoms with E-state index in [0.717, 1.165) is 10.0 Å². The second kappa shape index (κ2) is 5.63. The molecule has 1 aromatic heterocycles. The highest BCUT2D eigenvalue weighted by molar-refractivity contribution is 9.10. The Morgan fingerprint density at radius 3 is 2.42 bits per heavy atom. The zero-order valence-electron chi connectivity index (χ0n) is 10.3. The zero-order valence-corrected chi connectivity index (χ0v) is 12.7. The summed E-state index contributed by atoms with van der Waals surface area (Å²) < 4.78 is 5.59. The Balaban J connectivity index is 2.51. The molecule has 0 saturated carbocycles. The lowest BCUT2D eigenvalue weighted by molar-refractivity contribution is 0.0591. The molecule has 0 spiro atoms. The lowest BCUT2D eigenvalue weighted by atomic mass is 10.2. The quantitative estimate of drug-likeness (QED) is 0.633. The molecule has 0 atom stereocenters. The average molecular weight is 340 g/mol.